The van der Waals surface area contributed by atoms with E-state index in [0.717, 1.165) is 22.3 Å². The maximum Gasteiger partial charge on any atom is 0.417 e. The normalized spacial score (nSPS) is 19.2. The van der Waals surface area contributed by atoms with Gasteiger partial charge in [-0.25, -0.2) is 9.69 Å². The van der Waals surface area contributed by atoms with Crippen LogP contribution in [0.1, 0.15) is 37.0 Å². The molecular weight excluding hydrogens is 270 g/mol. The summed E-state index contributed by atoms with van der Waals surface area (Å²) in [5.41, 5.74) is 1.99. The van der Waals surface area contributed by atoms with E-state index in [1.54, 1.807) is 0 Å². The third-order valence-electron chi connectivity index (χ3n) is 3.72. The molecule has 0 radical (unpaired) electrons. The molecule has 2 atom stereocenters. The summed E-state index contributed by atoms with van der Waals surface area (Å²) in [5.74, 6) is -0.697. The van der Waals surface area contributed by atoms with Gasteiger partial charge in [0, 0.05) is 12.3 Å². The van der Waals surface area contributed by atoms with Crippen LogP contribution in [0.15, 0.2) is 24.3 Å². The number of aryl methyl sites for hydroxylation is 1. The topological polar surface area (TPSA) is 63.7 Å². The van der Waals surface area contributed by atoms with E-state index in [1.165, 1.54) is 0 Å². The van der Waals surface area contributed by atoms with Crippen LogP contribution in [-0.4, -0.2) is 29.7 Å². The molecule has 0 aromatic heterocycles. The number of carbonyl (C=O) groups is 3. The fraction of sp³-hybridized carbons (Fsp3) is 0.438. The first-order chi connectivity index (χ1) is 10.0. The van der Waals surface area contributed by atoms with Crippen molar-refractivity contribution in [1.29, 1.82) is 0 Å². The summed E-state index contributed by atoms with van der Waals surface area (Å²) in [6, 6.07) is 7.66. The highest BCUT2D eigenvalue weighted by Crippen LogP contribution is 2.27. The molecule has 0 spiro atoms. The molecule has 0 unspecified atom stereocenters. The average Bonchev–Trinajstić information content (AvgIpc) is 2.87. The van der Waals surface area contributed by atoms with E-state index in [-0.39, 0.29) is 24.8 Å². The molecule has 1 saturated heterocycles. The van der Waals surface area contributed by atoms with Gasteiger partial charge in [-0.05, 0) is 18.9 Å². The monoisotopic (exact) mass is 289 g/mol. The molecule has 1 aliphatic rings. The van der Waals surface area contributed by atoms with E-state index in [1.807, 2.05) is 38.1 Å². The van der Waals surface area contributed by atoms with Gasteiger partial charge < -0.3 is 9.53 Å². The summed E-state index contributed by atoms with van der Waals surface area (Å²) in [6.07, 6.45) is 0.330. The first kappa shape index (κ1) is 15.2. The second-order valence-electron chi connectivity index (χ2n) is 5.30. The first-order valence-electron chi connectivity index (χ1n) is 7.08. The van der Waals surface area contributed by atoms with Crippen molar-refractivity contribution >= 4 is 18.3 Å². The molecule has 112 valence electrons. The Hall–Kier alpha value is -2.17. The van der Waals surface area contributed by atoms with Gasteiger partial charge in [-0.2, -0.15) is 0 Å². The Kier molecular flexibility index (Phi) is 4.73. The number of imide groups is 1. The van der Waals surface area contributed by atoms with Gasteiger partial charge >= 0.3 is 6.09 Å². The zero-order valence-corrected chi connectivity index (χ0v) is 12.2. The maximum atomic E-state index is 12.1. The van der Waals surface area contributed by atoms with E-state index in [2.05, 4.69) is 0 Å². The van der Waals surface area contributed by atoms with Crippen molar-refractivity contribution in [2.45, 2.75) is 32.8 Å². The fourth-order valence-electron chi connectivity index (χ4n) is 2.24. The van der Waals surface area contributed by atoms with Gasteiger partial charge in [0.2, 0.25) is 5.91 Å². The smallest absolute Gasteiger partial charge is 0.417 e. The molecule has 1 aliphatic heterocycles. The van der Waals surface area contributed by atoms with E-state index in [9.17, 15) is 14.4 Å². The van der Waals surface area contributed by atoms with Crippen molar-refractivity contribution < 1.29 is 19.1 Å². The van der Waals surface area contributed by atoms with Crippen LogP contribution in [0.2, 0.25) is 0 Å². The predicted molar refractivity (Wildman–Crippen MR) is 76.6 cm³/mol. The Balaban J connectivity index is 2.03. The minimum absolute atomic E-state index is 0.0513. The molecule has 0 bridgehead atoms. The van der Waals surface area contributed by atoms with Crippen LogP contribution in [0.25, 0.3) is 0 Å². The molecule has 2 rings (SSSR count). The van der Waals surface area contributed by atoms with Gasteiger partial charge in [0.05, 0.1) is 6.54 Å². The number of cyclic esters (lactones) is 1. The van der Waals surface area contributed by atoms with Crippen LogP contribution in [0.4, 0.5) is 4.79 Å². The number of hydrogen-bond acceptors (Lipinski definition) is 4. The molecule has 1 aromatic rings. The highest BCUT2D eigenvalue weighted by Gasteiger charge is 2.36. The summed E-state index contributed by atoms with van der Waals surface area (Å²) in [5, 5.41) is 0. The number of benzene rings is 1. The zero-order valence-electron chi connectivity index (χ0n) is 12.2. The van der Waals surface area contributed by atoms with E-state index < -0.39 is 12.2 Å². The van der Waals surface area contributed by atoms with Gasteiger partial charge in [0.1, 0.15) is 12.4 Å². The highest BCUT2D eigenvalue weighted by atomic mass is 16.6. The zero-order chi connectivity index (χ0) is 15.4. The number of ether oxygens (including phenoxy) is 1. The highest BCUT2D eigenvalue weighted by molar-refractivity contribution is 5.94. The molecular formula is C16H19NO4. The number of carbonyl (C=O) groups excluding carboxylic acids is 3. The Labute approximate surface area is 123 Å². The quantitative estimate of drug-likeness (QED) is 0.782. The van der Waals surface area contributed by atoms with E-state index in [4.69, 9.17) is 4.74 Å². The van der Waals surface area contributed by atoms with Gasteiger partial charge in [-0.3, -0.25) is 4.79 Å². The second-order valence-corrected chi connectivity index (χ2v) is 5.30. The molecule has 5 heteroatoms. The Morgan fingerprint density at radius 3 is 2.67 bits per heavy atom. The summed E-state index contributed by atoms with van der Waals surface area (Å²) in [4.78, 5) is 35.8. The van der Waals surface area contributed by atoms with E-state index >= 15 is 0 Å². The van der Waals surface area contributed by atoms with Gasteiger partial charge in [0.15, 0.2) is 0 Å². The SMILES string of the molecule is CC[C@H](C=O)CC(=O)N1C[C@H](c2ccc(C)cc2)OC1=O. The number of hydrogen-bond donors (Lipinski definition) is 0. The maximum absolute atomic E-state index is 12.1. The summed E-state index contributed by atoms with van der Waals surface area (Å²) < 4.78 is 5.25. The molecule has 1 heterocycles. The van der Waals surface area contributed by atoms with Crippen LogP contribution < -0.4 is 0 Å². The Bertz CT molecular complexity index is 538. The summed E-state index contributed by atoms with van der Waals surface area (Å²) in [6.45, 7) is 4.02. The molecule has 21 heavy (non-hydrogen) atoms. The number of aldehydes is 1. The minimum atomic E-state index is -0.633. The van der Waals surface area contributed by atoms with E-state index in [0.29, 0.717) is 6.42 Å². The second kappa shape index (κ2) is 6.52. The molecule has 2 amide bonds. The van der Waals surface area contributed by atoms with Crippen molar-refractivity contribution in [2.75, 3.05) is 6.54 Å². The van der Waals surface area contributed by atoms with Crippen LogP contribution in [-0.2, 0) is 14.3 Å². The number of nitrogens with zero attached hydrogens (tertiary/aromatic N) is 1. The van der Waals surface area contributed by atoms with Crippen LogP contribution >= 0.6 is 0 Å². The third-order valence-corrected chi connectivity index (χ3v) is 3.72. The lowest BCUT2D eigenvalue weighted by Gasteiger charge is -2.13. The fourth-order valence-corrected chi connectivity index (χ4v) is 2.24. The molecule has 0 aliphatic carbocycles. The largest absolute Gasteiger partial charge is 0.439 e. The number of amides is 2. The molecule has 1 fully saturated rings. The number of rotatable bonds is 5. The molecule has 0 saturated carbocycles. The standard InChI is InChI=1S/C16H19NO4/c1-3-12(10-18)8-15(19)17-9-14(21-16(17)20)13-6-4-11(2)5-7-13/h4-7,10,12,14H,3,8-9H2,1-2H3/t12-,14+/m0/s1. The Morgan fingerprint density at radius 1 is 1.43 bits per heavy atom. The van der Waals surface area contributed by atoms with Crippen LogP contribution in [0, 0.1) is 12.8 Å². The van der Waals surface area contributed by atoms with Crippen molar-refractivity contribution in [1.82, 2.24) is 4.90 Å². The summed E-state index contributed by atoms with van der Waals surface area (Å²) in [7, 11) is 0. The van der Waals surface area contributed by atoms with Crippen LogP contribution in [0.3, 0.4) is 0 Å². The average molecular weight is 289 g/mol. The van der Waals surface area contributed by atoms with Crippen molar-refractivity contribution in [3.05, 3.63) is 35.4 Å². The van der Waals surface area contributed by atoms with Gasteiger partial charge in [0.25, 0.3) is 0 Å². The minimum Gasteiger partial charge on any atom is -0.439 e. The molecule has 5 nitrogen and oxygen atoms in total. The molecule has 1 aromatic carbocycles. The first-order valence-corrected chi connectivity index (χ1v) is 7.08. The lowest BCUT2D eigenvalue weighted by molar-refractivity contribution is -0.130. The van der Waals surface area contributed by atoms with Crippen molar-refractivity contribution in [3.8, 4) is 0 Å². The van der Waals surface area contributed by atoms with Gasteiger partial charge in [-0.15, -0.1) is 0 Å². The van der Waals surface area contributed by atoms with Crippen molar-refractivity contribution in [3.63, 3.8) is 0 Å². The van der Waals surface area contributed by atoms with Crippen molar-refractivity contribution in [2.24, 2.45) is 5.92 Å². The lowest BCUT2D eigenvalue weighted by Crippen LogP contribution is -2.33. The predicted octanol–water partition coefficient (Wildman–Crippen LogP) is 2.63. The van der Waals surface area contributed by atoms with Crippen LogP contribution in [0.5, 0.6) is 0 Å². The third kappa shape index (κ3) is 3.48. The lowest BCUT2D eigenvalue weighted by atomic mass is 10.0. The summed E-state index contributed by atoms with van der Waals surface area (Å²) >= 11 is 0. The van der Waals surface area contributed by atoms with Gasteiger partial charge in [-0.1, -0.05) is 36.8 Å². The molecule has 0 N–H and O–H groups in total. The Morgan fingerprint density at radius 2 is 2.10 bits per heavy atom.